The molecule has 12 atom stereocenters. The van der Waals surface area contributed by atoms with Gasteiger partial charge in [-0.05, 0) is 103 Å². The number of hydrogen-bond acceptors (Lipinski definition) is 13. The van der Waals surface area contributed by atoms with Crippen LogP contribution in [0.3, 0.4) is 0 Å². The number of ether oxygens (including phenoxy) is 4. The van der Waals surface area contributed by atoms with Crippen molar-refractivity contribution in [2.75, 3.05) is 19.8 Å². The van der Waals surface area contributed by atoms with E-state index in [1.165, 1.54) is 103 Å². The Kier molecular flexibility index (Phi) is 50.6. The Morgan fingerprint density at radius 1 is 0.430 bits per heavy atom. The Bertz CT molecular complexity index is 1910. The molecule has 86 heavy (non-hydrogen) atoms. The van der Waals surface area contributed by atoms with Gasteiger partial charge in [0.25, 0.3) is 0 Å². The van der Waals surface area contributed by atoms with Gasteiger partial charge >= 0.3 is 0 Å². The van der Waals surface area contributed by atoms with Crippen molar-refractivity contribution in [1.82, 2.24) is 5.32 Å². The highest BCUT2D eigenvalue weighted by Crippen LogP contribution is 2.30. The van der Waals surface area contributed by atoms with Crippen LogP contribution in [0.25, 0.3) is 0 Å². The topological polar surface area (TPSA) is 228 Å². The Morgan fingerprint density at radius 3 is 1.28 bits per heavy atom. The molecule has 14 heteroatoms. The van der Waals surface area contributed by atoms with Crippen molar-refractivity contribution in [2.45, 2.75) is 306 Å². The molecule has 0 aliphatic carbocycles. The van der Waals surface area contributed by atoms with Crippen LogP contribution < -0.4 is 5.32 Å². The van der Waals surface area contributed by atoms with Crippen molar-refractivity contribution < 1.29 is 64.6 Å². The molecule has 492 valence electrons. The van der Waals surface area contributed by atoms with E-state index in [9.17, 15) is 45.6 Å². The molecule has 0 aromatic carbocycles. The molecule has 2 fully saturated rings. The minimum Gasteiger partial charge on any atom is -0.394 e. The Hall–Kier alpha value is -3.61. The van der Waals surface area contributed by atoms with Crippen LogP contribution in [0.4, 0.5) is 0 Å². The molecule has 2 heterocycles. The first-order valence-corrected chi connectivity index (χ1v) is 33.8. The molecule has 12 unspecified atom stereocenters. The quantitative estimate of drug-likeness (QED) is 0.0204. The Labute approximate surface area is 520 Å². The number of nitrogens with one attached hydrogen (secondary N) is 1. The van der Waals surface area contributed by atoms with Crippen molar-refractivity contribution in [1.29, 1.82) is 0 Å². The summed E-state index contributed by atoms with van der Waals surface area (Å²) in [5.41, 5.74) is 0. The number of aliphatic hydroxyl groups is 8. The van der Waals surface area contributed by atoms with Crippen LogP contribution in [-0.2, 0) is 23.7 Å². The highest BCUT2D eigenvalue weighted by molar-refractivity contribution is 5.76. The van der Waals surface area contributed by atoms with Crippen LogP contribution in [-0.4, -0.2) is 140 Å². The third-order valence-electron chi connectivity index (χ3n) is 15.6. The number of rotatable bonds is 53. The predicted molar refractivity (Wildman–Crippen MR) is 350 cm³/mol. The predicted octanol–water partition coefficient (Wildman–Crippen LogP) is 13.3. The number of amides is 1. The van der Waals surface area contributed by atoms with E-state index in [1.54, 1.807) is 6.08 Å². The summed E-state index contributed by atoms with van der Waals surface area (Å²) in [5.74, 6) is -0.261. The highest BCUT2D eigenvalue weighted by Gasteiger charge is 2.51. The zero-order valence-electron chi connectivity index (χ0n) is 53.3. The van der Waals surface area contributed by atoms with Crippen LogP contribution in [0.15, 0.2) is 122 Å². The molecule has 0 aromatic rings. The molecule has 2 aliphatic heterocycles. The maximum absolute atomic E-state index is 13.3. The summed E-state index contributed by atoms with van der Waals surface area (Å²) in [5, 5.41) is 87.3. The molecule has 0 saturated carbocycles. The van der Waals surface area contributed by atoms with Gasteiger partial charge in [-0.25, -0.2) is 0 Å². The number of unbranched alkanes of at least 4 members (excludes halogenated alkanes) is 22. The number of allylic oxidation sites excluding steroid dienone is 19. The van der Waals surface area contributed by atoms with E-state index in [2.05, 4.69) is 129 Å². The molecular formula is C72H121NO13. The lowest BCUT2D eigenvalue weighted by atomic mass is 9.97. The summed E-state index contributed by atoms with van der Waals surface area (Å²) in [6.07, 6.45) is 63.8. The summed E-state index contributed by atoms with van der Waals surface area (Å²) >= 11 is 0. The molecule has 2 saturated heterocycles. The first-order valence-electron chi connectivity index (χ1n) is 33.8. The lowest BCUT2D eigenvalue weighted by Gasteiger charge is -2.46. The molecule has 9 N–H and O–H groups in total. The maximum Gasteiger partial charge on any atom is 0.220 e. The van der Waals surface area contributed by atoms with Gasteiger partial charge in [0, 0.05) is 6.42 Å². The van der Waals surface area contributed by atoms with Crippen molar-refractivity contribution in [3.8, 4) is 0 Å². The van der Waals surface area contributed by atoms with Gasteiger partial charge in [-0.3, -0.25) is 4.79 Å². The highest BCUT2D eigenvalue weighted by atomic mass is 16.7. The molecule has 2 rings (SSSR count). The number of aliphatic hydroxyl groups excluding tert-OH is 8. The van der Waals surface area contributed by atoms with Gasteiger partial charge in [-0.15, -0.1) is 0 Å². The van der Waals surface area contributed by atoms with Crippen molar-refractivity contribution in [2.24, 2.45) is 0 Å². The zero-order chi connectivity index (χ0) is 62.3. The Morgan fingerprint density at radius 2 is 0.814 bits per heavy atom. The third kappa shape index (κ3) is 39.4. The molecule has 1 amide bonds. The van der Waals surface area contributed by atoms with Gasteiger partial charge < -0.3 is 65.1 Å². The second-order valence-corrected chi connectivity index (χ2v) is 23.2. The van der Waals surface area contributed by atoms with Crippen molar-refractivity contribution in [3.63, 3.8) is 0 Å². The second-order valence-electron chi connectivity index (χ2n) is 23.2. The minimum atomic E-state index is -1.80. The number of hydrogen-bond donors (Lipinski definition) is 9. The molecule has 2 aliphatic rings. The van der Waals surface area contributed by atoms with E-state index >= 15 is 0 Å². The van der Waals surface area contributed by atoms with E-state index in [0.29, 0.717) is 12.8 Å². The average molecular weight is 1210 g/mol. The lowest BCUT2D eigenvalue weighted by molar-refractivity contribution is -0.359. The largest absolute Gasteiger partial charge is 0.394 e. The van der Waals surface area contributed by atoms with E-state index in [0.717, 1.165) is 96.3 Å². The second kappa shape index (κ2) is 55.5. The number of carbonyl (C=O) groups excluding carboxylic acids is 1. The monoisotopic (exact) mass is 1210 g/mol. The SMILES string of the molecule is CC/C=C\C/C=C\C/C=C\C/C=C\C/C=C\C/C=C\C/C=C\CCCCCCCCCCCCCC(=O)NC(COC1OC(CO)C(OC2OC(CO)C(O)C(O)C2O)C(O)C1O)C(O)/C=C/CC/C=C/CC/C=C/CCCCCCCCCCC. The van der Waals surface area contributed by atoms with E-state index in [1.807, 2.05) is 6.08 Å². The Balaban J connectivity index is 1.70. The fraction of sp³-hybridized carbons (Fsp3) is 0.708. The van der Waals surface area contributed by atoms with Gasteiger partial charge in [0.05, 0.1) is 32.0 Å². The van der Waals surface area contributed by atoms with Gasteiger partial charge in [-0.1, -0.05) is 245 Å². The van der Waals surface area contributed by atoms with Gasteiger partial charge in [0.1, 0.15) is 48.8 Å². The van der Waals surface area contributed by atoms with Crippen LogP contribution in [0.1, 0.15) is 232 Å². The summed E-state index contributed by atoms with van der Waals surface area (Å²) in [6, 6.07) is -0.948. The number of carbonyl (C=O) groups is 1. The summed E-state index contributed by atoms with van der Waals surface area (Å²) in [7, 11) is 0. The molecule has 0 bridgehead atoms. The van der Waals surface area contributed by atoms with Crippen molar-refractivity contribution in [3.05, 3.63) is 122 Å². The summed E-state index contributed by atoms with van der Waals surface area (Å²) in [6.45, 7) is 2.65. The summed E-state index contributed by atoms with van der Waals surface area (Å²) < 4.78 is 22.8. The molecule has 0 spiro atoms. The van der Waals surface area contributed by atoms with Gasteiger partial charge in [0.15, 0.2) is 12.6 Å². The minimum absolute atomic E-state index is 0.259. The van der Waals surface area contributed by atoms with Crippen molar-refractivity contribution >= 4 is 5.91 Å². The first-order chi connectivity index (χ1) is 42.1. The maximum atomic E-state index is 13.3. The molecule has 0 radical (unpaired) electrons. The van der Waals surface area contributed by atoms with E-state index in [4.69, 9.17) is 18.9 Å². The van der Waals surface area contributed by atoms with E-state index < -0.39 is 86.8 Å². The van der Waals surface area contributed by atoms with Crippen LogP contribution in [0.2, 0.25) is 0 Å². The van der Waals surface area contributed by atoms with Crippen LogP contribution >= 0.6 is 0 Å². The fourth-order valence-corrected chi connectivity index (χ4v) is 10.2. The van der Waals surface area contributed by atoms with Crippen LogP contribution in [0, 0.1) is 0 Å². The fourth-order valence-electron chi connectivity index (χ4n) is 10.2. The van der Waals surface area contributed by atoms with Crippen LogP contribution in [0.5, 0.6) is 0 Å². The van der Waals surface area contributed by atoms with E-state index in [-0.39, 0.29) is 18.9 Å². The third-order valence-corrected chi connectivity index (χ3v) is 15.6. The van der Waals surface area contributed by atoms with Gasteiger partial charge in [-0.2, -0.15) is 0 Å². The smallest absolute Gasteiger partial charge is 0.220 e. The normalized spacial score (nSPS) is 24.2. The average Bonchev–Trinajstić information content (AvgIpc) is 2.63. The zero-order valence-corrected chi connectivity index (χ0v) is 53.3. The standard InChI is InChI=1S/C72H121NO13/c1-3-5-7-9-11-13-15-17-19-21-23-24-25-26-27-28-29-30-31-32-33-34-35-36-38-40-42-44-46-48-50-52-54-56-64(77)73-60(61(76)55-53-51-49-47-45-43-41-39-37-22-20-18-16-14-12-10-8-6-4-2)59-83-71-69(82)67(80)70(63(58-75)85-71)86-72-68(81)66(79)65(78)62(57-74)84-72/h5,7,11,13,17,19,23-24,26-27,29-30,32-33,37,39,45,47,53,55,60-63,65-72,74-76,78-82H,3-4,6,8-10,12,14-16,18,20-22,25,28,31,34-36,38,40-44,46,48-52,54,56-59H2,1-2H3,(H,73,77)/b7-5-,13-11-,19-17-,24-23-,27-26-,30-29-,33-32-,39-37+,47-45+,55-53+. The van der Waals surface area contributed by atoms with Gasteiger partial charge in [0.2, 0.25) is 5.91 Å². The molecule has 14 nitrogen and oxygen atoms in total. The molecule has 0 aromatic heterocycles. The first kappa shape index (κ1) is 78.5. The lowest BCUT2D eigenvalue weighted by Crippen LogP contribution is -2.65. The summed E-state index contributed by atoms with van der Waals surface area (Å²) in [4.78, 5) is 13.3. The molecular weight excluding hydrogens is 1090 g/mol.